The van der Waals surface area contributed by atoms with Crippen molar-refractivity contribution in [3.05, 3.63) is 29.3 Å². The molecule has 0 spiro atoms. The third-order valence-corrected chi connectivity index (χ3v) is 6.30. The van der Waals surface area contributed by atoms with Gasteiger partial charge in [0.15, 0.2) is 6.61 Å². The molecule has 0 atom stereocenters. The molecule has 2 rings (SSSR count). The Hall–Kier alpha value is -1.93. The Morgan fingerprint density at radius 3 is 2.54 bits per heavy atom. The Morgan fingerprint density at radius 1 is 1.19 bits per heavy atom. The van der Waals surface area contributed by atoms with Gasteiger partial charge in [0.05, 0.1) is 10.5 Å². The van der Waals surface area contributed by atoms with E-state index in [0.717, 1.165) is 25.7 Å². The summed E-state index contributed by atoms with van der Waals surface area (Å²) in [5, 5.41) is 2.61. The Morgan fingerprint density at radius 2 is 1.88 bits per heavy atom. The topological polar surface area (TPSA) is 92.8 Å². The normalized spacial score (nSPS) is 15.5. The average Bonchev–Trinajstić information content (AvgIpc) is 2.65. The lowest BCUT2D eigenvalue weighted by molar-refractivity contribution is -0.124. The fourth-order valence-electron chi connectivity index (χ4n) is 2.78. The minimum atomic E-state index is -3.65. The maximum atomic E-state index is 12.9. The summed E-state index contributed by atoms with van der Waals surface area (Å²) in [6, 6.07) is 4.44. The molecule has 0 aliphatic carbocycles. The molecule has 0 aromatic heterocycles. The lowest BCUT2D eigenvalue weighted by atomic mass is 10.1. The van der Waals surface area contributed by atoms with Crippen LogP contribution in [0.5, 0.6) is 0 Å². The van der Waals surface area contributed by atoms with Crippen molar-refractivity contribution >= 4 is 21.9 Å². The number of hydrogen-bond donors (Lipinski definition) is 1. The molecule has 7 nitrogen and oxygen atoms in total. The summed E-state index contributed by atoms with van der Waals surface area (Å²) in [6.07, 6.45) is 3.49. The Bertz CT molecular complexity index is 755. The highest BCUT2D eigenvalue weighted by molar-refractivity contribution is 7.89. The van der Waals surface area contributed by atoms with E-state index in [1.807, 2.05) is 6.92 Å². The molecule has 1 amide bonds. The third kappa shape index (κ3) is 5.04. The smallest absolute Gasteiger partial charge is 0.338 e. The maximum absolute atomic E-state index is 12.9. The van der Waals surface area contributed by atoms with Crippen molar-refractivity contribution in [2.75, 3.05) is 26.2 Å². The molecule has 1 fully saturated rings. The first kappa shape index (κ1) is 20.4. The van der Waals surface area contributed by atoms with Gasteiger partial charge in [0.25, 0.3) is 5.91 Å². The number of nitrogens with zero attached hydrogens (tertiary/aromatic N) is 1. The summed E-state index contributed by atoms with van der Waals surface area (Å²) in [5.74, 6) is -1.10. The first-order chi connectivity index (χ1) is 12.4. The second kappa shape index (κ2) is 9.14. The van der Waals surface area contributed by atoms with Gasteiger partial charge in [0, 0.05) is 19.6 Å². The number of esters is 1. The summed E-state index contributed by atoms with van der Waals surface area (Å²) >= 11 is 0. The third-order valence-electron chi connectivity index (χ3n) is 4.26. The largest absolute Gasteiger partial charge is 0.452 e. The number of carbonyl (C=O) groups is 2. The van der Waals surface area contributed by atoms with Crippen LogP contribution in [0.2, 0.25) is 0 Å². The van der Waals surface area contributed by atoms with E-state index < -0.39 is 16.0 Å². The van der Waals surface area contributed by atoms with E-state index in [2.05, 4.69) is 5.32 Å². The lowest BCUT2D eigenvalue weighted by Crippen LogP contribution is -2.36. The number of benzene rings is 1. The second-order valence-electron chi connectivity index (χ2n) is 6.37. The first-order valence-electron chi connectivity index (χ1n) is 8.91. The number of amides is 1. The first-order valence-corrected chi connectivity index (χ1v) is 10.3. The summed E-state index contributed by atoms with van der Waals surface area (Å²) < 4.78 is 32.2. The zero-order valence-corrected chi connectivity index (χ0v) is 16.1. The molecule has 26 heavy (non-hydrogen) atoms. The van der Waals surface area contributed by atoms with Gasteiger partial charge in [-0.2, -0.15) is 4.31 Å². The van der Waals surface area contributed by atoms with Crippen LogP contribution in [0.15, 0.2) is 23.1 Å². The van der Waals surface area contributed by atoms with Crippen LogP contribution < -0.4 is 5.32 Å². The molecule has 1 N–H and O–H groups in total. The van der Waals surface area contributed by atoms with Crippen molar-refractivity contribution in [3.8, 4) is 0 Å². The number of aryl methyl sites for hydroxylation is 1. The van der Waals surface area contributed by atoms with Crippen LogP contribution in [0.1, 0.15) is 48.5 Å². The highest BCUT2D eigenvalue weighted by Crippen LogP contribution is 2.24. The van der Waals surface area contributed by atoms with Crippen LogP contribution >= 0.6 is 0 Å². The number of carbonyl (C=O) groups excluding carboxylic acids is 2. The Kier molecular flexibility index (Phi) is 7.16. The predicted molar refractivity (Wildman–Crippen MR) is 97.4 cm³/mol. The van der Waals surface area contributed by atoms with E-state index in [-0.39, 0.29) is 23.0 Å². The Labute approximate surface area is 154 Å². The van der Waals surface area contributed by atoms with Crippen LogP contribution in [-0.4, -0.2) is 50.8 Å². The summed E-state index contributed by atoms with van der Waals surface area (Å²) in [4.78, 5) is 23.8. The van der Waals surface area contributed by atoms with Crippen LogP contribution in [0.4, 0.5) is 0 Å². The van der Waals surface area contributed by atoms with Gasteiger partial charge in [-0.25, -0.2) is 13.2 Å². The van der Waals surface area contributed by atoms with Gasteiger partial charge in [-0.15, -0.1) is 0 Å². The quantitative estimate of drug-likeness (QED) is 0.727. The fourth-order valence-corrected chi connectivity index (χ4v) is 4.55. The summed E-state index contributed by atoms with van der Waals surface area (Å²) in [7, 11) is -3.65. The fraction of sp³-hybridized carbons (Fsp3) is 0.556. The molecule has 1 aliphatic heterocycles. The van der Waals surface area contributed by atoms with Crippen molar-refractivity contribution in [2.45, 2.75) is 44.4 Å². The molecule has 0 radical (unpaired) electrons. The number of nitrogens with one attached hydrogen (secondary N) is 1. The number of sulfonamides is 1. The summed E-state index contributed by atoms with van der Waals surface area (Å²) in [5.41, 5.74) is 0.697. The molecule has 1 heterocycles. The van der Waals surface area contributed by atoms with Gasteiger partial charge in [-0.3, -0.25) is 4.79 Å². The van der Waals surface area contributed by atoms with E-state index in [9.17, 15) is 18.0 Å². The molecule has 1 aromatic rings. The molecule has 1 aromatic carbocycles. The van der Waals surface area contributed by atoms with Gasteiger partial charge < -0.3 is 10.1 Å². The predicted octanol–water partition coefficient (Wildman–Crippen LogP) is 1.85. The molecular weight excluding hydrogens is 356 g/mol. The molecule has 1 saturated heterocycles. The van der Waals surface area contributed by atoms with Crippen molar-refractivity contribution < 1.29 is 22.7 Å². The van der Waals surface area contributed by atoms with E-state index in [0.29, 0.717) is 25.2 Å². The molecule has 0 unspecified atom stereocenters. The molecule has 1 aliphatic rings. The van der Waals surface area contributed by atoms with E-state index in [1.165, 1.54) is 16.4 Å². The highest BCUT2D eigenvalue weighted by Gasteiger charge is 2.28. The van der Waals surface area contributed by atoms with Crippen LogP contribution in [-0.2, 0) is 19.6 Å². The van der Waals surface area contributed by atoms with Crippen molar-refractivity contribution in [2.24, 2.45) is 0 Å². The minimum absolute atomic E-state index is 0.115. The molecule has 144 valence electrons. The lowest BCUT2D eigenvalue weighted by Gasteiger charge is -2.26. The number of hydrogen-bond acceptors (Lipinski definition) is 5. The number of ether oxygens (including phenoxy) is 1. The minimum Gasteiger partial charge on any atom is -0.452 e. The zero-order valence-electron chi connectivity index (χ0n) is 15.3. The van der Waals surface area contributed by atoms with Gasteiger partial charge >= 0.3 is 5.97 Å². The van der Waals surface area contributed by atoms with Crippen LogP contribution in [0.25, 0.3) is 0 Å². The van der Waals surface area contributed by atoms with Gasteiger partial charge in [0.1, 0.15) is 0 Å². The zero-order chi connectivity index (χ0) is 19.2. The Balaban J connectivity index is 2.13. The van der Waals surface area contributed by atoms with Crippen molar-refractivity contribution in [1.82, 2.24) is 9.62 Å². The monoisotopic (exact) mass is 382 g/mol. The SMILES string of the molecule is CCCNC(=O)COC(=O)c1ccc(C)c(S(=O)(=O)N2CCCCC2)c1. The molecule has 0 saturated carbocycles. The number of rotatable bonds is 7. The van der Waals surface area contributed by atoms with Gasteiger partial charge in [-0.05, 0) is 43.9 Å². The maximum Gasteiger partial charge on any atom is 0.338 e. The number of piperidine rings is 1. The van der Waals surface area contributed by atoms with E-state index in [1.54, 1.807) is 13.0 Å². The standard InChI is InChI=1S/C18H26N2O5S/c1-3-9-19-17(21)13-25-18(22)15-8-7-14(2)16(12-15)26(23,24)20-10-5-4-6-11-20/h7-8,12H,3-6,9-11,13H2,1-2H3,(H,19,21). The van der Waals surface area contributed by atoms with E-state index >= 15 is 0 Å². The highest BCUT2D eigenvalue weighted by atomic mass is 32.2. The van der Waals surface area contributed by atoms with Crippen molar-refractivity contribution in [1.29, 1.82) is 0 Å². The van der Waals surface area contributed by atoms with Crippen molar-refractivity contribution in [3.63, 3.8) is 0 Å². The molecule has 8 heteroatoms. The average molecular weight is 382 g/mol. The molecular formula is C18H26N2O5S. The molecule has 0 bridgehead atoms. The van der Waals surface area contributed by atoms with Crippen LogP contribution in [0.3, 0.4) is 0 Å². The second-order valence-corrected chi connectivity index (χ2v) is 8.28. The van der Waals surface area contributed by atoms with Crippen LogP contribution in [0, 0.1) is 6.92 Å². The van der Waals surface area contributed by atoms with Gasteiger partial charge in [0.2, 0.25) is 10.0 Å². The van der Waals surface area contributed by atoms with Gasteiger partial charge in [-0.1, -0.05) is 19.4 Å². The van der Waals surface area contributed by atoms with E-state index in [4.69, 9.17) is 4.74 Å². The summed E-state index contributed by atoms with van der Waals surface area (Å²) in [6.45, 7) is 4.73.